The molecule has 33 heavy (non-hydrogen) atoms. The van der Waals surface area contributed by atoms with Crippen molar-refractivity contribution in [3.05, 3.63) is 60.1 Å². The molecule has 0 bridgehead atoms. The van der Waals surface area contributed by atoms with Gasteiger partial charge in [0.05, 0.1) is 18.8 Å². The number of Topliss-reactive ketones (excluding diaryl/α,β-unsaturated/α-hetero) is 1. The number of hydrogen-bond acceptors (Lipinski definition) is 5. The molecule has 0 fully saturated rings. The van der Waals surface area contributed by atoms with Gasteiger partial charge >= 0.3 is 6.03 Å². The van der Waals surface area contributed by atoms with E-state index in [2.05, 4.69) is 21.3 Å². The lowest BCUT2D eigenvalue weighted by atomic mass is 10.0. The van der Waals surface area contributed by atoms with E-state index in [1.807, 2.05) is 44.2 Å². The normalized spacial score (nSPS) is 12.5. The predicted molar refractivity (Wildman–Crippen MR) is 123 cm³/mol. The van der Waals surface area contributed by atoms with Gasteiger partial charge in [0.1, 0.15) is 11.8 Å². The predicted octanol–water partition coefficient (Wildman–Crippen LogP) is 2.27. The molecule has 9 heteroatoms. The molecule has 4 amide bonds. The van der Waals surface area contributed by atoms with Crippen molar-refractivity contribution in [2.24, 2.45) is 5.92 Å². The fourth-order valence-electron chi connectivity index (χ4n) is 3.14. The molecule has 2 aromatic rings. The largest absolute Gasteiger partial charge is 0.467 e. The van der Waals surface area contributed by atoms with Gasteiger partial charge in [-0.3, -0.25) is 14.4 Å². The Morgan fingerprint density at radius 1 is 0.879 bits per heavy atom. The van der Waals surface area contributed by atoms with Gasteiger partial charge in [-0.15, -0.1) is 0 Å². The molecule has 2 atom stereocenters. The van der Waals surface area contributed by atoms with Crippen molar-refractivity contribution in [1.82, 2.24) is 21.3 Å². The SMILES string of the molecule is CCC(NC(=O)[C@H](CC(C)C)NC(=O)NCc1ccccc1)C(=O)C(=O)NCc1ccco1. The van der Waals surface area contributed by atoms with Crippen molar-refractivity contribution in [3.8, 4) is 0 Å². The van der Waals surface area contributed by atoms with E-state index in [9.17, 15) is 19.2 Å². The maximum Gasteiger partial charge on any atom is 0.315 e. The molecule has 4 N–H and O–H groups in total. The van der Waals surface area contributed by atoms with E-state index >= 15 is 0 Å². The highest BCUT2D eigenvalue weighted by Gasteiger charge is 2.29. The molecule has 1 unspecified atom stereocenters. The van der Waals surface area contributed by atoms with Gasteiger partial charge in [0.25, 0.3) is 5.91 Å². The van der Waals surface area contributed by atoms with Crippen LogP contribution in [0.5, 0.6) is 0 Å². The first-order valence-electron chi connectivity index (χ1n) is 11.0. The van der Waals surface area contributed by atoms with E-state index in [0.717, 1.165) is 5.56 Å². The molecule has 2 rings (SSSR count). The van der Waals surface area contributed by atoms with E-state index < -0.39 is 35.7 Å². The maximum absolute atomic E-state index is 12.9. The van der Waals surface area contributed by atoms with Crippen LogP contribution in [0.1, 0.15) is 44.9 Å². The van der Waals surface area contributed by atoms with E-state index in [-0.39, 0.29) is 18.9 Å². The third-order valence-electron chi connectivity index (χ3n) is 4.89. The second-order valence-electron chi connectivity index (χ2n) is 8.09. The molecule has 178 valence electrons. The van der Waals surface area contributed by atoms with Crippen LogP contribution in [0, 0.1) is 5.92 Å². The van der Waals surface area contributed by atoms with Gasteiger partial charge < -0.3 is 25.7 Å². The van der Waals surface area contributed by atoms with E-state index in [4.69, 9.17) is 4.42 Å². The average molecular weight is 457 g/mol. The van der Waals surface area contributed by atoms with Gasteiger partial charge in [-0.1, -0.05) is 51.1 Å². The maximum atomic E-state index is 12.9. The van der Waals surface area contributed by atoms with Gasteiger partial charge in [-0.2, -0.15) is 0 Å². The van der Waals surface area contributed by atoms with E-state index in [1.165, 1.54) is 6.26 Å². The summed E-state index contributed by atoms with van der Waals surface area (Å²) < 4.78 is 5.13. The van der Waals surface area contributed by atoms with Crippen LogP contribution in [-0.2, 0) is 27.5 Å². The van der Waals surface area contributed by atoms with E-state index in [1.54, 1.807) is 19.1 Å². The number of urea groups is 1. The summed E-state index contributed by atoms with van der Waals surface area (Å²) in [6.45, 7) is 5.93. The first-order chi connectivity index (χ1) is 15.8. The Balaban J connectivity index is 1.92. The minimum absolute atomic E-state index is 0.0705. The van der Waals surface area contributed by atoms with Crippen LogP contribution in [0.3, 0.4) is 0 Å². The quantitative estimate of drug-likeness (QED) is 0.364. The van der Waals surface area contributed by atoms with Crippen LogP contribution in [-0.4, -0.2) is 35.7 Å². The summed E-state index contributed by atoms with van der Waals surface area (Å²) in [6, 6.07) is 10.4. The summed E-state index contributed by atoms with van der Waals surface area (Å²) in [5, 5.41) is 10.5. The number of nitrogens with one attached hydrogen (secondary N) is 4. The lowest BCUT2D eigenvalue weighted by Gasteiger charge is -2.23. The summed E-state index contributed by atoms with van der Waals surface area (Å²) in [7, 11) is 0. The summed E-state index contributed by atoms with van der Waals surface area (Å²) in [4.78, 5) is 50.0. The number of hydrogen-bond donors (Lipinski definition) is 4. The van der Waals surface area contributed by atoms with Gasteiger partial charge in [-0.05, 0) is 36.5 Å². The number of carbonyl (C=O) groups excluding carboxylic acids is 4. The summed E-state index contributed by atoms with van der Waals surface area (Å²) in [5.74, 6) is -1.46. The summed E-state index contributed by atoms with van der Waals surface area (Å²) in [6.07, 6.45) is 2.07. The van der Waals surface area contributed by atoms with Crippen LogP contribution >= 0.6 is 0 Å². The minimum atomic E-state index is -1.00. The molecule has 0 aliphatic rings. The fraction of sp³-hybridized carbons (Fsp3) is 0.417. The number of rotatable bonds is 12. The number of carbonyl (C=O) groups is 4. The second kappa shape index (κ2) is 13.0. The fourth-order valence-corrected chi connectivity index (χ4v) is 3.14. The van der Waals surface area contributed by atoms with Crippen molar-refractivity contribution >= 4 is 23.6 Å². The highest BCUT2D eigenvalue weighted by molar-refractivity contribution is 6.38. The summed E-state index contributed by atoms with van der Waals surface area (Å²) in [5.41, 5.74) is 0.926. The summed E-state index contributed by atoms with van der Waals surface area (Å²) >= 11 is 0. The molecule has 0 saturated heterocycles. The zero-order valence-electron chi connectivity index (χ0n) is 19.2. The molecule has 0 spiro atoms. The Bertz CT molecular complexity index is 912. The zero-order valence-corrected chi connectivity index (χ0v) is 19.2. The standard InChI is InChI=1S/C24H32N4O5/c1-4-19(21(29)23(31)25-15-18-11-8-12-33-18)27-22(30)20(13-16(2)3)28-24(32)26-14-17-9-6-5-7-10-17/h5-12,16,19-20H,4,13-15H2,1-3H3,(H,25,31)(H,27,30)(H2,26,28,32)/t19?,20-/m0/s1. The molecule has 1 heterocycles. The van der Waals surface area contributed by atoms with Crippen molar-refractivity contribution in [1.29, 1.82) is 0 Å². The highest BCUT2D eigenvalue weighted by Crippen LogP contribution is 2.07. The molecule has 0 saturated carbocycles. The van der Waals surface area contributed by atoms with Gasteiger partial charge in [0.15, 0.2) is 0 Å². The lowest BCUT2D eigenvalue weighted by molar-refractivity contribution is -0.140. The van der Waals surface area contributed by atoms with E-state index in [0.29, 0.717) is 18.7 Å². The third kappa shape index (κ3) is 8.80. The molecular formula is C24H32N4O5. The zero-order chi connectivity index (χ0) is 24.2. The van der Waals surface area contributed by atoms with Crippen molar-refractivity contribution in [2.45, 2.75) is 58.8 Å². The Kier molecular flexibility index (Phi) is 10.1. The van der Waals surface area contributed by atoms with Crippen LogP contribution in [0.4, 0.5) is 4.79 Å². The second-order valence-corrected chi connectivity index (χ2v) is 8.09. The monoisotopic (exact) mass is 456 g/mol. The Hall–Kier alpha value is -3.62. The Labute approximate surface area is 193 Å². The molecule has 0 radical (unpaired) electrons. The number of furan rings is 1. The molecule has 1 aromatic carbocycles. The van der Waals surface area contributed by atoms with Crippen LogP contribution in [0.2, 0.25) is 0 Å². The first-order valence-corrected chi connectivity index (χ1v) is 11.0. The number of benzene rings is 1. The van der Waals surface area contributed by atoms with Gasteiger partial charge in [0.2, 0.25) is 11.7 Å². The van der Waals surface area contributed by atoms with Crippen molar-refractivity contribution in [3.63, 3.8) is 0 Å². The first kappa shape index (κ1) is 25.6. The van der Waals surface area contributed by atoms with Gasteiger partial charge in [-0.25, -0.2) is 4.79 Å². The van der Waals surface area contributed by atoms with Crippen molar-refractivity contribution in [2.75, 3.05) is 0 Å². The Morgan fingerprint density at radius 2 is 1.61 bits per heavy atom. The minimum Gasteiger partial charge on any atom is -0.467 e. The van der Waals surface area contributed by atoms with Crippen molar-refractivity contribution < 1.29 is 23.6 Å². The average Bonchev–Trinajstić information content (AvgIpc) is 3.32. The smallest absolute Gasteiger partial charge is 0.315 e. The van der Waals surface area contributed by atoms with Crippen LogP contribution in [0.25, 0.3) is 0 Å². The molecule has 0 aliphatic carbocycles. The Morgan fingerprint density at radius 3 is 2.21 bits per heavy atom. The van der Waals surface area contributed by atoms with Gasteiger partial charge in [0, 0.05) is 6.54 Å². The topological polar surface area (TPSA) is 130 Å². The lowest BCUT2D eigenvalue weighted by Crippen LogP contribution is -2.55. The third-order valence-corrected chi connectivity index (χ3v) is 4.89. The van der Waals surface area contributed by atoms with Crippen LogP contribution < -0.4 is 21.3 Å². The molecule has 1 aromatic heterocycles. The molecule has 9 nitrogen and oxygen atoms in total. The molecular weight excluding hydrogens is 424 g/mol. The molecule has 0 aliphatic heterocycles. The highest BCUT2D eigenvalue weighted by atomic mass is 16.3. The number of ketones is 1. The van der Waals surface area contributed by atoms with Crippen LogP contribution in [0.15, 0.2) is 53.1 Å². The number of amides is 4.